The molecule has 0 aliphatic rings. The molecule has 0 radical (unpaired) electrons. The van der Waals surface area contributed by atoms with Crippen LogP contribution in [-0.2, 0) is 4.79 Å². The van der Waals surface area contributed by atoms with Gasteiger partial charge in [-0.25, -0.2) is 4.79 Å². The van der Waals surface area contributed by atoms with Gasteiger partial charge in [0.05, 0.1) is 0 Å². The quantitative estimate of drug-likeness (QED) is 0.650. The van der Waals surface area contributed by atoms with Crippen molar-refractivity contribution in [3.05, 3.63) is 12.2 Å². The van der Waals surface area contributed by atoms with Gasteiger partial charge in [-0.1, -0.05) is 19.1 Å². The number of nitrogens with one attached hydrogen (secondary N) is 1. The molecule has 0 unspecified atom stereocenters. The van der Waals surface area contributed by atoms with Crippen molar-refractivity contribution in [1.82, 2.24) is 10.2 Å². The maximum absolute atomic E-state index is 11.0. The number of likely N-dealkylation sites (N-methyl/N-ethyl adjacent to an activating group) is 1. The summed E-state index contributed by atoms with van der Waals surface area (Å²) in [6.07, 6.45) is 4.39. The Morgan fingerprint density at radius 3 is 2.53 bits per heavy atom. The van der Waals surface area contributed by atoms with Crippen molar-refractivity contribution in [3.8, 4) is 0 Å². The lowest BCUT2D eigenvalue weighted by Crippen LogP contribution is -2.39. The van der Waals surface area contributed by atoms with Gasteiger partial charge in [-0.15, -0.1) is 0 Å². The third-order valence-electron chi connectivity index (χ3n) is 1.85. The van der Waals surface area contributed by atoms with Gasteiger partial charge < -0.3 is 10.4 Å². The van der Waals surface area contributed by atoms with Crippen molar-refractivity contribution in [2.24, 2.45) is 0 Å². The maximum Gasteiger partial charge on any atom is 0.407 e. The molecular weight excluding hydrogens is 196 g/mol. The first-order chi connectivity index (χ1) is 7.11. The van der Waals surface area contributed by atoms with Crippen molar-refractivity contribution >= 4 is 12.0 Å². The number of amides is 2. The third-order valence-corrected chi connectivity index (χ3v) is 1.85. The summed E-state index contributed by atoms with van der Waals surface area (Å²) in [5.41, 5.74) is 0. The Kier molecular flexibility index (Phi) is 7.05. The minimum Gasteiger partial charge on any atom is -0.465 e. The molecule has 0 spiro atoms. The molecule has 0 aliphatic heterocycles. The van der Waals surface area contributed by atoms with E-state index in [0.29, 0.717) is 13.0 Å². The number of rotatable bonds is 6. The fraction of sp³-hybridized carbons (Fsp3) is 0.600. The smallest absolute Gasteiger partial charge is 0.407 e. The van der Waals surface area contributed by atoms with E-state index in [2.05, 4.69) is 5.32 Å². The highest BCUT2D eigenvalue weighted by molar-refractivity contribution is 5.81. The van der Waals surface area contributed by atoms with Gasteiger partial charge in [0.2, 0.25) is 5.91 Å². The van der Waals surface area contributed by atoms with E-state index in [1.54, 1.807) is 0 Å². The molecule has 0 saturated heterocycles. The van der Waals surface area contributed by atoms with E-state index >= 15 is 0 Å². The number of carbonyl (C=O) groups excluding carboxylic acids is 1. The number of carbonyl (C=O) groups is 2. The number of hydrogen-bond donors (Lipinski definition) is 2. The molecule has 15 heavy (non-hydrogen) atoms. The van der Waals surface area contributed by atoms with E-state index in [1.165, 1.54) is 7.05 Å². The minimum absolute atomic E-state index is 0.105. The molecule has 0 rings (SSSR count). The molecule has 0 heterocycles. The zero-order valence-corrected chi connectivity index (χ0v) is 9.19. The number of nitrogens with zero attached hydrogens (tertiary/aromatic N) is 1. The highest BCUT2D eigenvalue weighted by Crippen LogP contribution is 1.94. The summed E-state index contributed by atoms with van der Waals surface area (Å²) >= 11 is 0. The van der Waals surface area contributed by atoms with Gasteiger partial charge >= 0.3 is 6.09 Å². The van der Waals surface area contributed by atoms with Gasteiger partial charge in [0.25, 0.3) is 0 Å². The molecule has 0 aromatic heterocycles. The van der Waals surface area contributed by atoms with Crippen LogP contribution >= 0.6 is 0 Å². The number of hydrogen-bond acceptors (Lipinski definition) is 2. The first kappa shape index (κ1) is 13.5. The van der Waals surface area contributed by atoms with Crippen molar-refractivity contribution in [2.45, 2.75) is 19.8 Å². The van der Waals surface area contributed by atoms with Gasteiger partial charge in [-0.3, -0.25) is 9.69 Å². The summed E-state index contributed by atoms with van der Waals surface area (Å²) in [6, 6.07) is 0. The zero-order chi connectivity index (χ0) is 11.7. The summed E-state index contributed by atoms with van der Waals surface area (Å²) in [4.78, 5) is 22.8. The van der Waals surface area contributed by atoms with E-state index in [4.69, 9.17) is 5.11 Å². The molecule has 0 saturated carbocycles. The van der Waals surface area contributed by atoms with E-state index in [1.807, 2.05) is 19.1 Å². The number of carboxylic acid groups (broad SMARTS) is 1. The molecule has 5 nitrogen and oxygen atoms in total. The lowest BCUT2D eigenvalue weighted by molar-refractivity contribution is -0.121. The van der Waals surface area contributed by atoms with Gasteiger partial charge in [-0.2, -0.15) is 0 Å². The van der Waals surface area contributed by atoms with Gasteiger partial charge in [0.1, 0.15) is 6.54 Å². The molecular formula is C10H18N2O3. The van der Waals surface area contributed by atoms with Crippen molar-refractivity contribution in [1.29, 1.82) is 0 Å². The second-order valence-electron chi connectivity index (χ2n) is 3.05. The molecule has 0 aromatic carbocycles. The predicted octanol–water partition coefficient (Wildman–Crippen LogP) is 1.07. The molecule has 2 amide bonds. The van der Waals surface area contributed by atoms with Crippen LogP contribution in [0.4, 0.5) is 4.79 Å². The Balaban J connectivity index is 3.99. The fourth-order valence-corrected chi connectivity index (χ4v) is 1.01. The Morgan fingerprint density at radius 1 is 1.40 bits per heavy atom. The average molecular weight is 214 g/mol. The van der Waals surface area contributed by atoms with E-state index in [0.717, 1.165) is 11.3 Å². The molecule has 86 valence electrons. The highest BCUT2D eigenvalue weighted by atomic mass is 16.4. The first-order valence-corrected chi connectivity index (χ1v) is 4.95. The van der Waals surface area contributed by atoms with Crippen LogP contribution in [0.2, 0.25) is 0 Å². The molecule has 0 atom stereocenters. The van der Waals surface area contributed by atoms with Crippen LogP contribution in [0.5, 0.6) is 0 Å². The molecule has 2 N–H and O–H groups in total. The van der Waals surface area contributed by atoms with E-state index in [-0.39, 0.29) is 12.5 Å². The fourth-order valence-electron chi connectivity index (χ4n) is 1.01. The van der Waals surface area contributed by atoms with E-state index in [9.17, 15) is 9.59 Å². The Hall–Kier alpha value is -1.52. The van der Waals surface area contributed by atoms with Gasteiger partial charge in [0, 0.05) is 13.6 Å². The summed E-state index contributed by atoms with van der Waals surface area (Å²) in [7, 11) is 1.49. The average Bonchev–Trinajstić information content (AvgIpc) is 2.21. The zero-order valence-electron chi connectivity index (χ0n) is 9.19. The van der Waals surface area contributed by atoms with E-state index < -0.39 is 6.09 Å². The first-order valence-electron chi connectivity index (χ1n) is 4.95. The largest absolute Gasteiger partial charge is 0.465 e. The van der Waals surface area contributed by atoms with Crippen LogP contribution in [0.15, 0.2) is 12.2 Å². The molecule has 0 aromatic rings. The Labute approximate surface area is 89.8 Å². The molecule has 0 bridgehead atoms. The van der Waals surface area contributed by atoms with Crippen LogP contribution in [0.3, 0.4) is 0 Å². The monoisotopic (exact) mass is 214 g/mol. The topological polar surface area (TPSA) is 69.6 Å². The maximum atomic E-state index is 11.0. The van der Waals surface area contributed by atoms with Crippen LogP contribution < -0.4 is 5.32 Å². The summed E-state index contributed by atoms with van der Waals surface area (Å²) in [5, 5.41) is 11.2. The lowest BCUT2D eigenvalue weighted by atomic mass is 10.3. The van der Waals surface area contributed by atoms with Gasteiger partial charge in [0.15, 0.2) is 0 Å². The summed E-state index contributed by atoms with van der Waals surface area (Å²) < 4.78 is 0. The summed E-state index contributed by atoms with van der Waals surface area (Å²) in [6.45, 7) is 2.25. The van der Waals surface area contributed by atoms with Crippen molar-refractivity contribution in [3.63, 3.8) is 0 Å². The second-order valence-corrected chi connectivity index (χ2v) is 3.05. The minimum atomic E-state index is -1.07. The lowest BCUT2D eigenvalue weighted by Gasteiger charge is -2.16. The molecule has 5 heteroatoms. The second kappa shape index (κ2) is 7.84. The number of allylic oxidation sites excluding steroid dienone is 1. The van der Waals surface area contributed by atoms with Crippen molar-refractivity contribution in [2.75, 3.05) is 20.1 Å². The highest BCUT2D eigenvalue weighted by Gasteiger charge is 2.13. The van der Waals surface area contributed by atoms with Crippen LogP contribution in [-0.4, -0.2) is 42.1 Å². The van der Waals surface area contributed by atoms with Crippen molar-refractivity contribution < 1.29 is 14.7 Å². The Bertz CT molecular complexity index is 239. The van der Waals surface area contributed by atoms with Gasteiger partial charge in [-0.05, 0) is 12.8 Å². The predicted molar refractivity (Wildman–Crippen MR) is 57.7 cm³/mol. The molecule has 0 fully saturated rings. The summed E-state index contributed by atoms with van der Waals surface area (Å²) in [5.74, 6) is -0.295. The standard InChI is InChI=1S/C10H18N2O3/c1-3-4-5-6-7-12(10(14)15)8-9(13)11-2/h4-5H,3,6-8H2,1-2H3,(H,11,13)(H,14,15). The Morgan fingerprint density at radius 2 is 2.07 bits per heavy atom. The normalized spacial score (nSPS) is 10.3. The molecule has 0 aliphatic carbocycles. The third kappa shape index (κ3) is 6.54. The van der Waals surface area contributed by atoms with Crippen LogP contribution in [0, 0.1) is 0 Å². The van der Waals surface area contributed by atoms with Crippen LogP contribution in [0.25, 0.3) is 0 Å². The SMILES string of the molecule is CCC=CCCN(CC(=O)NC)C(=O)O. The van der Waals surface area contributed by atoms with Crippen LogP contribution in [0.1, 0.15) is 19.8 Å².